The predicted octanol–water partition coefficient (Wildman–Crippen LogP) is 2.99. The average Bonchev–Trinajstić information content (AvgIpc) is 2.68. The molecule has 1 atom stereocenters. The molecule has 17 heavy (non-hydrogen) atoms. The third-order valence-corrected chi connectivity index (χ3v) is 3.99. The molecule has 0 spiro atoms. The summed E-state index contributed by atoms with van der Waals surface area (Å²) in [5.74, 6) is 0.708. The van der Waals surface area contributed by atoms with Crippen LogP contribution in [0.3, 0.4) is 0 Å². The standard InChI is InChI=1S/C15H20N2/c1-16-9-5-6-12(10-16)14-11-17(2)15-8-4-3-7-13(14)15/h3-4,7-8,11-12H,5-6,9-10H2,1-2H3. The highest BCUT2D eigenvalue weighted by Gasteiger charge is 2.21. The Kier molecular flexibility index (Phi) is 2.67. The van der Waals surface area contributed by atoms with Gasteiger partial charge >= 0.3 is 0 Å². The quantitative estimate of drug-likeness (QED) is 0.728. The molecular weight excluding hydrogens is 208 g/mol. The first-order valence-electron chi connectivity index (χ1n) is 6.48. The number of likely N-dealkylation sites (tertiary alicyclic amines) is 1. The normalized spacial score (nSPS) is 22.1. The van der Waals surface area contributed by atoms with Crippen molar-refractivity contribution in [3.05, 3.63) is 36.0 Å². The number of rotatable bonds is 1. The van der Waals surface area contributed by atoms with Gasteiger partial charge in [0.25, 0.3) is 0 Å². The van der Waals surface area contributed by atoms with E-state index in [4.69, 9.17) is 0 Å². The van der Waals surface area contributed by atoms with Gasteiger partial charge in [-0.25, -0.2) is 0 Å². The molecule has 0 radical (unpaired) electrons. The van der Waals surface area contributed by atoms with E-state index in [0.717, 1.165) is 0 Å². The number of likely N-dealkylation sites (N-methyl/N-ethyl adjacent to an activating group) is 1. The minimum Gasteiger partial charge on any atom is -0.350 e. The van der Waals surface area contributed by atoms with Crippen LogP contribution in [-0.2, 0) is 7.05 Å². The van der Waals surface area contributed by atoms with Gasteiger partial charge in [-0.2, -0.15) is 0 Å². The minimum atomic E-state index is 0.708. The van der Waals surface area contributed by atoms with E-state index in [-0.39, 0.29) is 0 Å². The highest BCUT2D eigenvalue weighted by atomic mass is 15.1. The molecule has 2 heterocycles. The lowest BCUT2D eigenvalue weighted by Crippen LogP contribution is -2.30. The maximum absolute atomic E-state index is 2.45. The lowest BCUT2D eigenvalue weighted by molar-refractivity contribution is 0.251. The van der Waals surface area contributed by atoms with E-state index < -0.39 is 0 Å². The zero-order valence-corrected chi connectivity index (χ0v) is 10.7. The van der Waals surface area contributed by atoms with Gasteiger partial charge in [-0.15, -0.1) is 0 Å². The number of nitrogens with zero attached hydrogens (tertiary/aromatic N) is 2. The number of benzene rings is 1. The first kappa shape index (κ1) is 10.8. The number of hydrogen-bond acceptors (Lipinski definition) is 1. The van der Waals surface area contributed by atoms with E-state index in [9.17, 15) is 0 Å². The Hall–Kier alpha value is -1.28. The molecule has 0 amide bonds. The van der Waals surface area contributed by atoms with E-state index in [2.05, 4.69) is 54.0 Å². The van der Waals surface area contributed by atoms with E-state index in [1.165, 1.54) is 42.4 Å². The van der Waals surface area contributed by atoms with Gasteiger partial charge in [-0.3, -0.25) is 0 Å². The molecule has 1 aromatic carbocycles. The number of piperidine rings is 1. The first-order chi connectivity index (χ1) is 8.25. The smallest absolute Gasteiger partial charge is 0.0480 e. The van der Waals surface area contributed by atoms with Crippen LogP contribution in [-0.4, -0.2) is 29.6 Å². The largest absolute Gasteiger partial charge is 0.350 e. The van der Waals surface area contributed by atoms with Crippen molar-refractivity contribution in [2.75, 3.05) is 20.1 Å². The Labute approximate surface area is 103 Å². The van der Waals surface area contributed by atoms with Gasteiger partial charge in [0, 0.05) is 30.7 Å². The second kappa shape index (κ2) is 4.19. The van der Waals surface area contributed by atoms with Crippen LogP contribution < -0.4 is 0 Å². The summed E-state index contributed by atoms with van der Waals surface area (Å²) < 4.78 is 2.26. The molecule has 0 saturated carbocycles. The number of aromatic nitrogens is 1. The molecule has 0 aliphatic carbocycles. The third kappa shape index (κ3) is 1.87. The molecular formula is C15H20N2. The van der Waals surface area contributed by atoms with Crippen molar-refractivity contribution in [3.63, 3.8) is 0 Å². The maximum Gasteiger partial charge on any atom is 0.0480 e. The monoisotopic (exact) mass is 228 g/mol. The first-order valence-corrected chi connectivity index (χ1v) is 6.48. The fraction of sp³-hybridized carbons (Fsp3) is 0.467. The molecule has 1 saturated heterocycles. The Morgan fingerprint density at radius 2 is 2.00 bits per heavy atom. The van der Waals surface area contributed by atoms with Crippen molar-refractivity contribution in [1.29, 1.82) is 0 Å². The average molecular weight is 228 g/mol. The fourth-order valence-electron chi connectivity index (χ4n) is 3.12. The number of aryl methyl sites for hydroxylation is 1. The summed E-state index contributed by atoms with van der Waals surface area (Å²) in [6.45, 7) is 2.45. The van der Waals surface area contributed by atoms with Gasteiger partial charge in [0.05, 0.1) is 0 Å². The van der Waals surface area contributed by atoms with Crippen LogP contribution >= 0.6 is 0 Å². The van der Waals surface area contributed by atoms with Gasteiger partial charge in [-0.1, -0.05) is 18.2 Å². The van der Waals surface area contributed by atoms with Crippen molar-refractivity contribution in [2.24, 2.45) is 7.05 Å². The predicted molar refractivity (Wildman–Crippen MR) is 72.4 cm³/mol. The van der Waals surface area contributed by atoms with Gasteiger partial charge in [0.2, 0.25) is 0 Å². The summed E-state index contributed by atoms with van der Waals surface area (Å²) >= 11 is 0. The van der Waals surface area contributed by atoms with Crippen molar-refractivity contribution < 1.29 is 0 Å². The second-order valence-electron chi connectivity index (χ2n) is 5.31. The van der Waals surface area contributed by atoms with Crippen LogP contribution in [0.1, 0.15) is 24.3 Å². The minimum absolute atomic E-state index is 0.708. The summed E-state index contributed by atoms with van der Waals surface area (Å²) in [5.41, 5.74) is 2.89. The highest BCUT2D eigenvalue weighted by Crippen LogP contribution is 2.32. The van der Waals surface area contributed by atoms with Crippen molar-refractivity contribution in [3.8, 4) is 0 Å². The Morgan fingerprint density at radius 3 is 2.82 bits per heavy atom. The SMILES string of the molecule is CN1CCCC(c2cn(C)c3ccccc23)C1. The maximum atomic E-state index is 2.45. The van der Waals surface area contributed by atoms with Gasteiger partial charge in [-0.05, 0) is 44.0 Å². The van der Waals surface area contributed by atoms with Crippen LogP contribution in [0.2, 0.25) is 0 Å². The van der Waals surface area contributed by atoms with Crippen LogP contribution in [0.4, 0.5) is 0 Å². The summed E-state index contributed by atoms with van der Waals surface area (Å²) in [5, 5.41) is 1.44. The summed E-state index contributed by atoms with van der Waals surface area (Å²) in [7, 11) is 4.38. The van der Waals surface area contributed by atoms with E-state index in [0.29, 0.717) is 5.92 Å². The lowest BCUT2D eigenvalue weighted by atomic mass is 9.91. The number of fused-ring (bicyclic) bond motifs is 1. The molecule has 2 aromatic rings. The highest BCUT2D eigenvalue weighted by molar-refractivity contribution is 5.84. The fourth-order valence-corrected chi connectivity index (χ4v) is 3.12. The molecule has 1 fully saturated rings. The molecule has 2 nitrogen and oxygen atoms in total. The second-order valence-corrected chi connectivity index (χ2v) is 5.31. The molecule has 90 valence electrons. The summed E-state index contributed by atoms with van der Waals surface area (Å²) in [6, 6.07) is 8.75. The van der Waals surface area contributed by atoms with Gasteiger partial charge in [0.1, 0.15) is 0 Å². The van der Waals surface area contributed by atoms with Crippen molar-refractivity contribution in [1.82, 2.24) is 9.47 Å². The van der Waals surface area contributed by atoms with E-state index >= 15 is 0 Å². The topological polar surface area (TPSA) is 8.17 Å². The lowest BCUT2D eigenvalue weighted by Gasteiger charge is -2.29. The van der Waals surface area contributed by atoms with Crippen LogP contribution in [0.15, 0.2) is 30.5 Å². The zero-order chi connectivity index (χ0) is 11.8. The van der Waals surface area contributed by atoms with Crippen molar-refractivity contribution in [2.45, 2.75) is 18.8 Å². The molecule has 1 aromatic heterocycles. The van der Waals surface area contributed by atoms with Crippen LogP contribution in [0.5, 0.6) is 0 Å². The van der Waals surface area contributed by atoms with Gasteiger partial charge < -0.3 is 9.47 Å². The van der Waals surface area contributed by atoms with Crippen LogP contribution in [0.25, 0.3) is 10.9 Å². The number of para-hydroxylation sites is 1. The molecule has 1 aliphatic rings. The Bertz CT molecular complexity index is 527. The number of hydrogen-bond donors (Lipinski definition) is 0. The van der Waals surface area contributed by atoms with E-state index in [1.54, 1.807) is 0 Å². The van der Waals surface area contributed by atoms with E-state index in [1.807, 2.05) is 0 Å². The van der Waals surface area contributed by atoms with Gasteiger partial charge in [0.15, 0.2) is 0 Å². The summed E-state index contributed by atoms with van der Waals surface area (Å²) in [6.07, 6.45) is 4.98. The Morgan fingerprint density at radius 1 is 1.18 bits per heavy atom. The Balaban J connectivity index is 2.05. The third-order valence-electron chi connectivity index (χ3n) is 3.99. The zero-order valence-electron chi connectivity index (χ0n) is 10.7. The molecule has 1 unspecified atom stereocenters. The molecule has 2 heteroatoms. The molecule has 0 N–H and O–H groups in total. The molecule has 0 bridgehead atoms. The van der Waals surface area contributed by atoms with Crippen LogP contribution in [0, 0.1) is 0 Å². The molecule has 1 aliphatic heterocycles. The van der Waals surface area contributed by atoms with Crippen molar-refractivity contribution >= 4 is 10.9 Å². The molecule has 3 rings (SSSR count). The summed E-state index contributed by atoms with van der Waals surface area (Å²) in [4.78, 5) is 2.45.